The first-order valence-electron chi connectivity index (χ1n) is 8.11. The van der Waals surface area contributed by atoms with Crippen LogP contribution in [-0.4, -0.2) is 22.8 Å². The average Bonchev–Trinajstić information content (AvgIpc) is 2.56. The van der Waals surface area contributed by atoms with Crippen molar-refractivity contribution >= 4 is 23.3 Å². The number of carbonyl (C=O) groups is 3. The maximum atomic E-state index is 12.7. The number of aryl methyl sites for hydroxylation is 3. The van der Waals surface area contributed by atoms with Crippen molar-refractivity contribution < 1.29 is 19.5 Å². The molecule has 0 heterocycles. The van der Waals surface area contributed by atoms with E-state index < -0.39 is 11.8 Å². The molecule has 0 unspecified atom stereocenters. The molecule has 0 saturated heterocycles. The van der Waals surface area contributed by atoms with Gasteiger partial charge in [0, 0.05) is 17.7 Å². The molecule has 0 aliphatic heterocycles. The number of anilines is 1. The quantitative estimate of drug-likeness (QED) is 0.756. The van der Waals surface area contributed by atoms with Gasteiger partial charge in [-0.2, -0.15) is 0 Å². The molecule has 2 N–H and O–H groups in total. The monoisotopic (exact) mass is 339 g/mol. The average molecular weight is 339 g/mol. The fraction of sp³-hybridized carbons (Fsp3) is 0.250. The van der Waals surface area contributed by atoms with E-state index in [-0.39, 0.29) is 12.3 Å². The smallest absolute Gasteiger partial charge is 0.372 e. The van der Waals surface area contributed by atoms with Crippen molar-refractivity contribution in [3.05, 3.63) is 64.7 Å². The molecule has 0 saturated carbocycles. The second kappa shape index (κ2) is 8.24. The largest absolute Gasteiger partial charge is 0.476 e. The molecule has 1 amide bonds. The number of carbonyl (C=O) groups excluding carboxylic acids is 2. The van der Waals surface area contributed by atoms with Gasteiger partial charge in [0.2, 0.25) is 5.78 Å². The van der Waals surface area contributed by atoms with E-state index in [1.165, 1.54) is 0 Å². The van der Waals surface area contributed by atoms with Crippen molar-refractivity contribution in [1.82, 2.24) is 0 Å². The van der Waals surface area contributed by atoms with Crippen molar-refractivity contribution in [2.24, 2.45) is 0 Å². The van der Waals surface area contributed by atoms with Crippen molar-refractivity contribution in [3.8, 4) is 0 Å². The summed E-state index contributed by atoms with van der Waals surface area (Å²) in [5, 5.41) is 11.6. The topological polar surface area (TPSA) is 83.5 Å². The van der Waals surface area contributed by atoms with Crippen LogP contribution in [0.15, 0.2) is 42.5 Å². The van der Waals surface area contributed by atoms with Gasteiger partial charge >= 0.3 is 5.97 Å². The minimum Gasteiger partial charge on any atom is -0.476 e. The Morgan fingerprint density at radius 1 is 0.960 bits per heavy atom. The zero-order chi connectivity index (χ0) is 18.4. The number of rotatable bonds is 7. The Balaban J connectivity index is 2.16. The third-order valence-corrected chi connectivity index (χ3v) is 4.07. The van der Waals surface area contributed by atoms with E-state index in [2.05, 4.69) is 5.32 Å². The number of amides is 1. The number of hydrogen-bond donors (Lipinski definition) is 2. The van der Waals surface area contributed by atoms with Crippen LogP contribution in [-0.2, 0) is 16.0 Å². The molecule has 25 heavy (non-hydrogen) atoms. The number of aliphatic carboxylic acids is 1. The third-order valence-electron chi connectivity index (χ3n) is 4.07. The predicted molar refractivity (Wildman–Crippen MR) is 95.9 cm³/mol. The van der Waals surface area contributed by atoms with Gasteiger partial charge in [-0.25, -0.2) is 4.79 Å². The summed E-state index contributed by atoms with van der Waals surface area (Å²) < 4.78 is 0. The lowest BCUT2D eigenvalue weighted by Gasteiger charge is -2.14. The first-order valence-corrected chi connectivity index (χ1v) is 8.11. The molecule has 2 aromatic rings. The molecule has 0 radical (unpaired) electrons. The minimum absolute atomic E-state index is 0.0396. The van der Waals surface area contributed by atoms with Crippen LogP contribution >= 0.6 is 0 Å². The number of ketones is 1. The summed E-state index contributed by atoms with van der Waals surface area (Å²) in [7, 11) is 0. The Bertz CT molecular complexity index is 811. The molecule has 0 atom stereocenters. The summed E-state index contributed by atoms with van der Waals surface area (Å²) >= 11 is 0. The molecule has 0 fully saturated rings. The molecule has 0 bridgehead atoms. The molecular weight excluding hydrogens is 318 g/mol. The summed E-state index contributed by atoms with van der Waals surface area (Å²) in [6, 6.07) is 13.1. The van der Waals surface area contributed by atoms with Crippen LogP contribution in [0.25, 0.3) is 0 Å². The van der Waals surface area contributed by atoms with Crippen LogP contribution in [0.5, 0.6) is 0 Å². The van der Waals surface area contributed by atoms with Crippen LogP contribution < -0.4 is 5.32 Å². The number of carboxylic acids is 1. The van der Waals surface area contributed by atoms with Crippen molar-refractivity contribution in [2.45, 2.75) is 33.1 Å². The highest BCUT2D eigenvalue weighted by atomic mass is 16.4. The molecule has 0 aliphatic rings. The molecule has 5 nitrogen and oxygen atoms in total. The first kappa shape index (κ1) is 18.4. The Morgan fingerprint density at radius 3 is 2.32 bits per heavy atom. The van der Waals surface area contributed by atoms with Gasteiger partial charge in [-0.3, -0.25) is 9.59 Å². The van der Waals surface area contributed by atoms with E-state index in [9.17, 15) is 14.4 Å². The molecule has 2 aromatic carbocycles. The molecule has 2 rings (SSSR count). The number of Topliss-reactive ketones (excluding diaryl/α,β-unsaturated/α-hetero) is 1. The Morgan fingerprint density at radius 2 is 1.64 bits per heavy atom. The molecule has 0 spiro atoms. The van der Waals surface area contributed by atoms with Crippen LogP contribution in [0.2, 0.25) is 0 Å². The van der Waals surface area contributed by atoms with Crippen molar-refractivity contribution in [3.63, 3.8) is 0 Å². The zero-order valence-corrected chi connectivity index (χ0v) is 14.3. The summed E-state index contributed by atoms with van der Waals surface area (Å²) in [5.41, 5.74) is 3.95. The van der Waals surface area contributed by atoms with E-state index in [0.29, 0.717) is 18.4 Å². The van der Waals surface area contributed by atoms with Gasteiger partial charge in [-0.05, 0) is 49.4 Å². The van der Waals surface area contributed by atoms with E-state index in [1.54, 1.807) is 0 Å². The summed E-state index contributed by atoms with van der Waals surface area (Å²) in [6.07, 6.45) is 0.818. The van der Waals surface area contributed by atoms with Crippen molar-refractivity contribution in [2.75, 3.05) is 5.32 Å². The first-order chi connectivity index (χ1) is 11.9. The standard InChI is InChI=1S/C20H21NO4/c1-13-7-3-4-11-16(13)21-19(23)18-14(2)8-5-9-15(18)10-6-12-17(22)20(24)25/h3-5,7-9,11H,6,10,12H2,1-2H3,(H,21,23)(H,24,25). The molecule has 0 aliphatic carbocycles. The molecule has 130 valence electrons. The molecular formula is C20H21NO4. The van der Waals surface area contributed by atoms with Crippen LogP contribution in [0.1, 0.15) is 39.9 Å². The number of nitrogens with one attached hydrogen (secondary N) is 1. The Hall–Kier alpha value is -2.95. The third kappa shape index (κ3) is 4.76. The maximum absolute atomic E-state index is 12.7. The van der Waals surface area contributed by atoms with Crippen LogP contribution in [0.3, 0.4) is 0 Å². The maximum Gasteiger partial charge on any atom is 0.372 e. The number of hydrogen-bond acceptors (Lipinski definition) is 3. The van der Waals surface area contributed by atoms with Gasteiger partial charge in [-0.1, -0.05) is 36.4 Å². The normalized spacial score (nSPS) is 10.3. The number of para-hydroxylation sites is 1. The fourth-order valence-electron chi connectivity index (χ4n) is 2.71. The molecule has 0 aromatic heterocycles. The number of benzene rings is 2. The predicted octanol–water partition coefficient (Wildman–Crippen LogP) is 3.53. The highest BCUT2D eigenvalue weighted by Crippen LogP contribution is 2.20. The summed E-state index contributed by atoms with van der Waals surface area (Å²) in [4.78, 5) is 34.6. The zero-order valence-electron chi connectivity index (χ0n) is 14.3. The van der Waals surface area contributed by atoms with Gasteiger partial charge in [0.15, 0.2) is 0 Å². The van der Waals surface area contributed by atoms with Gasteiger partial charge in [0.1, 0.15) is 0 Å². The van der Waals surface area contributed by atoms with Crippen LogP contribution in [0, 0.1) is 13.8 Å². The molecule has 5 heteroatoms. The van der Waals surface area contributed by atoms with Crippen LogP contribution in [0.4, 0.5) is 5.69 Å². The number of carboxylic acid groups (broad SMARTS) is 1. The SMILES string of the molecule is Cc1ccccc1NC(=O)c1c(C)cccc1CCCC(=O)C(=O)O. The van der Waals surface area contributed by atoms with Gasteiger partial charge in [0.25, 0.3) is 5.91 Å². The Labute approximate surface area is 146 Å². The van der Waals surface area contributed by atoms with E-state index >= 15 is 0 Å². The highest BCUT2D eigenvalue weighted by Gasteiger charge is 2.16. The lowest BCUT2D eigenvalue weighted by Crippen LogP contribution is -2.17. The van der Waals surface area contributed by atoms with Gasteiger partial charge < -0.3 is 10.4 Å². The lowest BCUT2D eigenvalue weighted by atomic mass is 9.96. The fourth-order valence-corrected chi connectivity index (χ4v) is 2.71. The second-order valence-electron chi connectivity index (χ2n) is 5.96. The second-order valence-corrected chi connectivity index (χ2v) is 5.96. The highest BCUT2D eigenvalue weighted by molar-refractivity contribution is 6.32. The van der Waals surface area contributed by atoms with E-state index in [4.69, 9.17) is 5.11 Å². The minimum atomic E-state index is -1.42. The van der Waals surface area contributed by atoms with Crippen molar-refractivity contribution in [1.29, 1.82) is 0 Å². The Kier molecular flexibility index (Phi) is 6.06. The van der Waals surface area contributed by atoms with Gasteiger partial charge in [-0.15, -0.1) is 0 Å². The summed E-state index contributed by atoms with van der Waals surface area (Å²) in [5.74, 6) is -2.42. The van der Waals surface area contributed by atoms with E-state index in [0.717, 1.165) is 22.4 Å². The van der Waals surface area contributed by atoms with Gasteiger partial charge in [0.05, 0.1) is 0 Å². The lowest BCUT2D eigenvalue weighted by molar-refractivity contribution is -0.149. The summed E-state index contributed by atoms with van der Waals surface area (Å²) in [6.45, 7) is 3.78. The van der Waals surface area contributed by atoms with E-state index in [1.807, 2.05) is 56.3 Å².